The van der Waals surface area contributed by atoms with Crippen molar-refractivity contribution in [1.29, 1.82) is 0 Å². The molecule has 5 nitrogen and oxygen atoms in total. The molecular formula is C13H20N4OS. The first-order valence-corrected chi connectivity index (χ1v) is 7.83. The van der Waals surface area contributed by atoms with E-state index in [0.717, 1.165) is 24.5 Å². The smallest absolute Gasteiger partial charge is 0.242 e. The van der Waals surface area contributed by atoms with Gasteiger partial charge in [0, 0.05) is 30.7 Å². The predicted octanol–water partition coefficient (Wildman–Crippen LogP) is 0.965. The van der Waals surface area contributed by atoms with Gasteiger partial charge in [0.05, 0.1) is 0 Å². The largest absolute Gasteiger partial charge is 0.353 e. The minimum Gasteiger partial charge on any atom is -0.353 e. The summed E-state index contributed by atoms with van der Waals surface area (Å²) in [6.45, 7) is 1.52. The van der Waals surface area contributed by atoms with E-state index in [2.05, 4.69) is 15.2 Å². The molecular weight excluding hydrogens is 260 g/mol. The Kier molecular flexibility index (Phi) is 3.70. The molecule has 1 aliphatic heterocycles. The average Bonchev–Trinajstić information content (AvgIpc) is 2.94. The van der Waals surface area contributed by atoms with Gasteiger partial charge in [-0.05, 0) is 31.6 Å². The molecule has 1 amide bonds. The molecule has 0 spiro atoms. The summed E-state index contributed by atoms with van der Waals surface area (Å²) < 4.78 is 0. The number of carbonyl (C=O) groups is 1. The normalized spacial score (nSPS) is 24.5. The predicted molar refractivity (Wildman–Crippen MR) is 76.2 cm³/mol. The van der Waals surface area contributed by atoms with Crippen LogP contribution in [-0.4, -0.2) is 36.1 Å². The van der Waals surface area contributed by atoms with Crippen molar-refractivity contribution in [3.05, 3.63) is 11.6 Å². The zero-order valence-corrected chi connectivity index (χ0v) is 11.7. The van der Waals surface area contributed by atoms with E-state index in [-0.39, 0.29) is 18.0 Å². The number of amides is 1. The van der Waals surface area contributed by atoms with Crippen molar-refractivity contribution in [3.63, 3.8) is 0 Å². The van der Waals surface area contributed by atoms with E-state index >= 15 is 0 Å². The van der Waals surface area contributed by atoms with Crippen LogP contribution >= 0.6 is 11.3 Å². The van der Waals surface area contributed by atoms with Crippen molar-refractivity contribution in [2.24, 2.45) is 11.7 Å². The highest BCUT2D eigenvalue weighted by molar-refractivity contribution is 7.13. The fraction of sp³-hybridized carbons (Fsp3) is 0.692. The Morgan fingerprint density at radius 1 is 1.58 bits per heavy atom. The van der Waals surface area contributed by atoms with E-state index in [1.807, 2.05) is 5.38 Å². The van der Waals surface area contributed by atoms with Gasteiger partial charge in [-0.25, -0.2) is 4.98 Å². The van der Waals surface area contributed by atoms with Gasteiger partial charge >= 0.3 is 0 Å². The van der Waals surface area contributed by atoms with E-state index in [4.69, 9.17) is 5.73 Å². The summed E-state index contributed by atoms with van der Waals surface area (Å²) in [6, 6.07) is 0.0521. The molecule has 1 aromatic heterocycles. The van der Waals surface area contributed by atoms with Crippen LogP contribution in [0.2, 0.25) is 0 Å². The van der Waals surface area contributed by atoms with Crippen LogP contribution < -0.4 is 16.0 Å². The maximum absolute atomic E-state index is 12.3. The van der Waals surface area contributed by atoms with E-state index in [1.54, 1.807) is 17.5 Å². The summed E-state index contributed by atoms with van der Waals surface area (Å²) in [6.07, 6.45) is 6.17. The van der Waals surface area contributed by atoms with Gasteiger partial charge in [-0.3, -0.25) is 4.79 Å². The molecule has 2 heterocycles. The first kappa shape index (κ1) is 12.9. The van der Waals surface area contributed by atoms with Crippen LogP contribution in [0, 0.1) is 5.92 Å². The van der Waals surface area contributed by atoms with Crippen molar-refractivity contribution in [3.8, 4) is 0 Å². The van der Waals surface area contributed by atoms with Crippen LogP contribution in [0.1, 0.15) is 25.7 Å². The number of hydrogen-bond acceptors (Lipinski definition) is 5. The molecule has 0 radical (unpaired) electrons. The third kappa shape index (κ3) is 2.90. The molecule has 1 saturated heterocycles. The van der Waals surface area contributed by atoms with Crippen molar-refractivity contribution in [2.45, 2.75) is 37.8 Å². The first-order chi connectivity index (χ1) is 9.25. The van der Waals surface area contributed by atoms with E-state index in [9.17, 15) is 4.79 Å². The molecule has 19 heavy (non-hydrogen) atoms. The van der Waals surface area contributed by atoms with Crippen LogP contribution in [0.5, 0.6) is 0 Å². The number of carbonyl (C=O) groups excluding carboxylic acids is 1. The fourth-order valence-corrected chi connectivity index (χ4v) is 3.37. The summed E-state index contributed by atoms with van der Waals surface area (Å²) in [5.41, 5.74) is 6.02. The van der Waals surface area contributed by atoms with E-state index in [1.165, 1.54) is 12.8 Å². The van der Waals surface area contributed by atoms with Crippen molar-refractivity contribution < 1.29 is 4.79 Å². The SMILES string of the molecule is NC(CNC(=O)C1CCCN1c1nccs1)C1CC1. The second kappa shape index (κ2) is 5.46. The lowest BCUT2D eigenvalue weighted by Crippen LogP contribution is -2.47. The lowest BCUT2D eigenvalue weighted by molar-refractivity contribution is -0.122. The first-order valence-electron chi connectivity index (χ1n) is 6.95. The molecule has 1 aliphatic carbocycles. The molecule has 104 valence electrons. The summed E-state index contributed by atoms with van der Waals surface area (Å²) in [5.74, 6) is 0.725. The maximum atomic E-state index is 12.3. The fourth-order valence-electron chi connectivity index (χ4n) is 2.65. The third-order valence-electron chi connectivity index (χ3n) is 3.96. The monoisotopic (exact) mass is 280 g/mol. The van der Waals surface area contributed by atoms with Gasteiger partial charge in [0.25, 0.3) is 0 Å². The Balaban J connectivity index is 1.56. The third-order valence-corrected chi connectivity index (χ3v) is 4.77. The van der Waals surface area contributed by atoms with E-state index in [0.29, 0.717) is 12.5 Å². The minimum absolute atomic E-state index is 0.0717. The van der Waals surface area contributed by atoms with Gasteiger partial charge < -0.3 is 16.0 Å². The van der Waals surface area contributed by atoms with E-state index < -0.39 is 0 Å². The molecule has 3 rings (SSSR count). The summed E-state index contributed by atoms with van der Waals surface area (Å²) >= 11 is 1.59. The molecule has 3 N–H and O–H groups in total. The van der Waals surface area contributed by atoms with Gasteiger partial charge in [-0.15, -0.1) is 11.3 Å². The molecule has 2 atom stereocenters. The molecule has 6 heteroatoms. The van der Waals surface area contributed by atoms with Crippen LogP contribution in [0.4, 0.5) is 5.13 Å². The lowest BCUT2D eigenvalue weighted by Gasteiger charge is -2.23. The Labute approximate surface area is 117 Å². The Bertz CT molecular complexity index is 432. The summed E-state index contributed by atoms with van der Waals surface area (Å²) in [4.78, 5) is 18.7. The average molecular weight is 280 g/mol. The second-order valence-electron chi connectivity index (χ2n) is 5.41. The number of anilines is 1. The van der Waals surface area contributed by atoms with Gasteiger partial charge in [0.2, 0.25) is 5.91 Å². The number of nitrogens with one attached hydrogen (secondary N) is 1. The summed E-state index contributed by atoms with van der Waals surface area (Å²) in [7, 11) is 0. The number of hydrogen-bond donors (Lipinski definition) is 2. The highest BCUT2D eigenvalue weighted by atomic mass is 32.1. The number of nitrogens with two attached hydrogens (primary N) is 1. The molecule has 0 aromatic carbocycles. The molecule has 2 unspecified atom stereocenters. The van der Waals surface area contributed by atoms with Crippen molar-refractivity contribution >= 4 is 22.4 Å². The molecule has 0 bridgehead atoms. The number of thiazole rings is 1. The lowest BCUT2D eigenvalue weighted by atomic mass is 10.1. The van der Waals surface area contributed by atoms with Crippen molar-refractivity contribution in [2.75, 3.05) is 18.0 Å². The van der Waals surface area contributed by atoms with Gasteiger partial charge in [0.1, 0.15) is 6.04 Å². The van der Waals surface area contributed by atoms with Crippen LogP contribution in [0.25, 0.3) is 0 Å². The van der Waals surface area contributed by atoms with Gasteiger partial charge in [0.15, 0.2) is 5.13 Å². The maximum Gasteiger partial charge on any atom is 0.242 e. The number of rotatable bonds is 5. The zero-order chi connectivity index (χ0) is 13.2. The number of nitrogens with zero attached hydrogens (tertiary/aromatic N) is 2. The van der Waals surface area contributed by atoms with Crippen LogP contribution in [0.3, 0.4) is 0 Å². The molecule has 1 aromatic rings. The van der Waals surface area contributed by atoms with Crippen LogP contribution in [-0.2, 0) is 4.79 Å². The Morgan fingerprint density at radius 2 is 2.42 bits per heavy atom. The summed E-state index contributed by atoms with van der Waals surface area (Å²) in [5, 5.41) is 5.91. The number of aromatic nitrogens is 1. The standard InChI is InChI=1S/C13H20N4OS/c14-10(9-3-4-9)8-16-12(18)11-2-1-6-17(11)13-15-5-7-19-13/h5,7,9-11H,1-4,6,8,14H2,(H,16,18). The second-order valence-corrected chi connectivity index (χ2v) is 6.29. The van der Waals surface area contributed by atoms with Gasteiger partial charge in [-0.2, -0.15) is 0 Å². The topological polar surface area (TPSA) is 71.2 Å². The highest BCUT2D eigenvalue weighted by Gasteiger charge is 2.33. The highest BCUT2D eigenvalue weighted by Crippen LogP contribution is 2.31. The molecule has 1 saturated carbocycles. The quantitative estimate of drug-likeness (QED) is 0.843. The zero-order valence-electron chi connectivity index (χ0n) is 10.9. The van der Waals surface area contributed by atoms with Crippen LogP contribution in [0.15, 0.2) is 11.6 Å². The Hall–Kier alpha value is -1.14. The Morgan fingerprint density at radius 3 is 3.11 bits per heavy atom. The molecule has 2 fully saturated rings. The minimum atomic E-state index is -0.0717. The van der Waals surface area contributed by atoms with Crippen molar-refractivity contribution in [1.82, 2.24) is 10.3 Å². The van der Waals surface area contributed by atoms with Gasteiger partial charge in [-0.1, -0.05) is 0 Å². The molecule has 2 aliphatic rings.